The van der Waals surface area contributed by atoms with E-state index in [0.717, 1.165) is 38.5 Å². The van der Waals surface area contributed by atoms with Gasteiger partial charge >= 0.3 is 5.97 Å². The van der Waals surface area contributed by atoms with E-state index < -0.39 is 12.1 Å². The maximum absolute atomic E-state index is 12.4. The summed E-state index contributed by atoms with van der Waals surface area (Å²) in [5.41, 5.74) is 0. The van der Waals surface area contributed by atoms with E-state index in [2.05, 4.69) is 31.3 Å². The van der Waals surface area contributed by atoms with Gasteiger partial charge in [0.05, 0.1) is 25.4 Å². The predicted molar refractivity (Wildman–Crippen MR) is 310 cm³/mol. The Hall–Kier alpha value is -1.66. The van der Waals surface area contributed by atoms with Crippen LogP contribution >= 0.6 is 0 Å². The molecule has 0 radical (unpaired) electrons. The second-order valence-corrected chi connectivity index (χ2v) is 22.1. The summed E-state index contributed by atoms with van der Waals surface area (Å²) in [4.78, 5) is 24.5. The maximum Gasteiger partial charge on any atom is 0.305 e. The average molecular weight is 1000 g/mol. The van der Waals surface area contributed by atoms with Gasteiger partial charge < -0.3 is 20.3 Å². The van der Waals surface area contributed by atoms with Crippen molar-refractivity contribution in [2.75, 3.05) is 13.2 Å². The zero-order valence-corrected chi connectivity index (χ0v) is 48.0. The monoisotopic (exact) mass is 1000 g/mol. The smallest absolute Gasteiger partial charge is 0.305 e. The fourth-order valence-electron chi connectivity index (χ4n) is 10.0. The third-order valence-electron chi connectivity index (χ3n) is 15.0. The van der Waals surface area contributed by atoms with E-state index in [4.69, 9.17) is 4.74 Å². The Bertz CT molecular complexity index is 1110. The number of carbonyl (C=O) groups excluding carboxylic acids is 2. The van der Waals surface area contributed by atoms with Gasteiger partial charge in [0.15, 0.2) is 0 Å². The lowest BCUT2D eigenvalue weighted by molar-refractivity contribution is -0.143. The third kappa shape index (κ3) is 57.5. The van der Waals surface area contributed by atoms with Crippen LogP contribution in [-0.4, -0.2) is 47.4 Å². The second-order valence-electron chi connectivity index (χ2n) is 22.1. The molecule has 71 heavy (non-hydrogen) atoms. The lowest BCUT2D eigenvalue weighted by atomic mass is 10.0. The molecule has 2 atom stereocenters. The molecule has 3 N–H and O–H groups in total. The summed E-state index contributed by atoms with van der Waals surface area (Å²) in [5.74, 6) is -0.0520. The molecule has 0 aromatic heterocycles. The largest absolute Gasteiger partial charge is 0.466 e. The predicted octanol–water partition coefficient (Wildman–Crippen LogP) is 20.2. The van der Waals surface area contributed by atoms with Crippen LogP contribution in [0.15, 0.2) is 24.3 Å². The number of aliphatic hydroxyl groups excluding tert-OH is 2. The minimum absolute atomic E-state index is 0.0149. The van der Waals surface area contributed by atoms with Gasteiger partial charge in [0, 0.05) is 12.8 Å². The first-order valence-corrected chi connectivity index (χ1v) is 32.1. The number of rotatable bonds is 60. The Morgan fingerprint density at radius 3 is 1.00 bits per heavy atom. The Kier molecular flexibility index (Phi) is 59.5. The molecule has 0 saturated heterocycles. The molecule has 0 aliphatic carbocycles. The van der Waals surface area contributed by atoms with Gasteiger partial charge in [-0.2, -0.15) is 0 Å². The van der Waals surface area contributed by atoms with Crippen LogP contribution in [0, 0.1) is 0 Å². The van der Waals surface area contributed by atoms with Gasteiger partial charge in [-0.15, -0.1) is 0 Å². The van der Waals surface area contributed by atoms with Gasteiger partial charge in [-0.1, -0.05) is 308 Å². The van der Waals surface area contributed by atoms with Crippen molar-refractivity contribution in [1.82, 2.24) is 5.32 Å². The lowest BCUT2D eigenvalue weighted by Gasteiger charge is -2.20. The molecular weight excluding hydrogens is 875 g/mol. The highest BCUT2D eigenvalue weighted by atomic mass is 16.5. The van der Waals surface area contributed by atoms with E-state index in [1.807, 2.05) is 6.08 Å². The molecule has 0 aliphatic rings. The molecule has 0 fully saturated rings. The zero-order valence-electron chi connectivity index (χ0n) is 48.0. The van der Waals surface area contributed by atoms with E-state index in [1.54, 1.807) is 6.08 Å². The summed E-state index contributed by atoms with van der Waals surface area (Å²) in [5, 5.41) is 23.0. The molecule has 0 saturated carbocycles. The Morgan fingerprint density at radius 2 is 0.662 bits per heavy atom. The average Bonchev–Trinajstić information content (AvgIpc) is 3.37. The third-order valence-corrected chi connectivity index (χ3v) is 15.0. The Morgan fingerprint density at radius 1 is 0.380 bits per heavy atom. The van der Waals surface area contributed by atoms with Crippen molar-refractivity contribution in [2.24, 2.45) is 0 Å². The SMILES string of the molecule is CCCCCCCC/C=C\CCCCCCCCCCCC(=O)OCCCCCCCCCCCCCCCCCCCCCCCCCCC(=O)NC(CO)C(O)/C=C/CCCCCCCCCCC. The van der Waals surface area contributed by atoms with Gasteiger partial charge in [0.1, 0.15) is 0 Å². The first-order chi connectivity index (χ1) is 35.0. The molecule has 0 aromatic rings. The van der Waals surface area contributed by atoms with Crippen molar-refractivity contribution >= 4 is 11.9 Å². The van der Waals surface area contributed by atoms with Crippen molar-refractivity contribution in [1.29, 1.82) is 0 Å². The number of aliphatic hydroxyl groups is 2. The van der Waals surface area contributed by atoms with E-state index in [-0.39, 0.29) is 18.5 Å². The van der Waals surface area contributed by atoms with Crippen molar-refractivity contribution in [3.05, 3.63) is 24.3 Å². The number of unbranched alkanes of at least 4 members (excludes halogenated alkanes) is 47. The number of carbonyl (C=O) groups is 2. The molecule has 0 spiro atoms. The van der Waals surface area contributed by atoms with Gasteiger partial charge in [-0.3, -0.25) is 9.59 Å². The minimum atomic E-state index is -0.842. The first kappa shape index (κ1) is 69.3. The fraction of sp³-hybridized carbons (Fsp3) is 0.908. The van der Waals surface area contributed by atoms with E-state index in [1.165, 1.54) is 289 Å². The highest BCUT2D eigenvalue weighted by molar-refractivity contribution is 5.76. The number of nitrogens with one attached hydrogen (secondary N) is 1. The van der Waals surface area contributed by atoms with E-state index in [0.29, 0.717) is 19.4 Å². The molecule has 6 nitrogen and oxygen atoms in total. The second kappa shape index (κ2) is 60.9. The highest BCUT2D eigenvalue weighted by Gasteiger charge is 2.18. The van der Waals surface area contributed by atoms with Gasteiger partial charge in [0.2, 0.25) is 5.91 Å². The van der Waals surface area contributed by atoms with Gasteiger partial charge in [-0.05, 0) is 57.8 Å². The summed E-state index contributed by atoms with van der Waals surface area (Å²) in [7, 11) is 0. The number of esters is 1. The topological polar surface area (TPSA) is 95.9 Å². The Labute approximate surface area is 443 Å². The molecule has 6 heteroatoms. The molecule has 2 unspecified atom stereocenters. The molecule has 0 bridgehead atoms. The van der Waals surface area contributed by atoms with Crippen LogP contribution in [0.25, 0.3) is 0 Å². The molecule has 1 amide bonds. The van der Waals surface area contributed by atoms with Crippen LogP contribution in [0.2, 0.25) is 0 Å². The first-order valence-electron chi connectivity index (χ1n) is 32.1. The fourth-order valence-corrected chi connectivity index (χ4v) is 10.0. The summed E-state index contributed by atoms with van der Waals surface area (Å²) in [6, 6.07) is -0.625. The van der Waals surface area contributed by atoms with Crippen molar-refractivity contribution in [3.8, 4) is 0 Å². The molecule has 0 heterocycles. The summed E-state index contributed by atoms with van der Waals surface area (Å²) in [6.45, 7) is 4.91. The van der Waals surface area contributed by atoms with Crippen molar-refractivity contribution < 1.29 is 24.5 Å². The van der Waals surface area contributed by atoms with E-state index >= 15 is 0 Å². The maximum atomic E-state index is 12.4. The molecule has 420 valence electrons. The number of hydrogen-bond donors (Lipinski definition) is 3. The van der Waals surface area contributed by atoms with Gasteiger partial charge in [-0.25, -0.2) is 0 Å². The minimum Gasteiger partial charge on any atom is -0.466 e. The molecule has 0 aromatic carbocycles. The quantitative estimate of drug-likeness (QED) is 0.0320. The van der Waals surface area contributed by atoms with E-state index in [9.17, 15) is 19.8 Å². The molecule has 0 rings (SSSR count). The normalized spacial score (nSPS) is 12.7. The standard InChI is InChI=1S/C65H125NO5/c1-3-5-7-9-11-13-15-16-17-18-25-29-32-35-39-43-47-51-55-59-65(70)71-60-56-52-48-44-40-36-33-30-27-24-22-20-19-21-23-26-28-31-34-38-42-46-50-54-58-64(69)66-62(61-67)63(68)57-53-49-45-41-37-14-12-10-8-6-4-2/h16-17,53,57,62-63,67-68H,3-15,18-52,54-56,58-61H2,1-2H3,(H,66,69)/b17-16-,57-53+. The summed E-state index contributed by atoms with van der Waals surface area (Å²) >= 11 is 0. The van der Waals surface area contributed by atoms with Gasteiger partial charge in [0.25, 0.3) is 0 Å². The van der Waals surface area contributed by atoms with Crippen LogP contribution in [-0.2, 0) is 14.3 Å². The van der Waals surface area contributed by atoms with Crippen molar-refractivity contribution in [2.45, 2.75) is 366 Å². The van der Waals surface area contributed by atoms with Crippen LogP contribution in [0.3, 0.4) is 0 Å². The summed E-state index contributed by atoms with van der Waals surface area (Å²) in [6.07, 6.45) is 75.2. The number of allylic oxidation sites excluding steroid dienone is 3. The van der Waals surface area contributed by atoms with Crippen LogP contribution in [0.1, 0.15) is 354 Å². The highest BCUT2D eigenvalue weighted by Crippen LogP contribution is 2.18. The van der Waals surface area contributed by atoms with Crippen LogP contribution in [0.4, 0.5) is 0 Å². The van der Waals surface area contributed by atoms with Crippen LogP contribution < -0.4 is 5.32 Å². The lowest BCUT2D eigenvalue weighted by Crippen LogP contribution is -2.45. The Balaban J connectivity index is 3.34. The number of hydrogen-bond acceptors (Lipinski definition) is 5. The van der Waals surface area contributed by atoms with Crippen molar-refractivity contribution in [3.63, 3.8) is 0 Å². The zero-order chi connectivity index (χ0) is 51.4. The number of amides is 1. The van der Waals surface area contributed by atoms with Crippen LogP contribution in [0.5, 0.6) is 0 Å². The number of ether oxygens (including phenoxy) is 1. The molecule has 0 aliphatic heterocycles. The summed E-state index contributed by atoms with van der Waals surface area (Å²) < 4.78 is 5.50. The molecular formula is C65H125NO5.